The van der Waals surface area contributed by atoms with Gasteiger partial charge in [-0.15, -0.1) is 6.58 Å². The van der Waals surface area contributed by atoms with Gasteiger partial charge >= 0.3 is 6.03 Å². The summed E-state index contributed by atoms with van der Waals surface area (Å²) in [5, 5.41) is 3.41. The SMILES string of the molecule is C=CC(C)N(C)C(=O)Nc1ccc(Cl)cc1. The molecule has 0 aliphatic carbocycles. The van der Waals surface area contributed by atoms with Crippen molar-refractivity contribution in [1.29, 1.82) is 0 Å². The molecule has 0 radical (unpaired) electrons. The Hall–Kier alpha value is -1.48. The smallest absolute Gasteiger partial charge is 0.321 e. The van der Waals surface area contributed by atoms with E-state index in [4.69, 9.17) is 11.6 Å². The van der Waals surface area contributed by atoms with Crippen molar-refractivity contribution in [2.45, 2.75) is 13.0 Å². The van der Waals surface area contributed by atoms with Gasteiger partial charge in [0.1, 0.15) is 0 Å². The molecular formula is C12H15ClN2O. The molecule has 0 saturated heterocycles. The normalized spacial score (nSPS) is 11.7. The number of benzene rings is 1. The largest absolute Gasteiger partial charge is 0.322 e. The van der Waals surface area contributed by atoms with Gasteiger partial charge in [0.2, 0.25) is 0 Å². The first kappa shape index (κ1) is 12.6. The summed E-state index contributed by atoms with van der Waals surface area (Å²) in [7, 11) is 1.72. The van der Waals surface area contributed by atoms with Gasteiger partial charge in [0.25, 0.3) is 0 Å². The molecule has 1 rings (SSSR count). The summed E-state index contributed by atoms with van der Waals surface area (Å²) in [5.74, 6) is 0. The van der Waals surface area contributed by atoms with Crippen LogP contribution in [0.2, 0.25) is 5.02 Å². The van der Waals surface area contributed by atoms with Crippen molar-refractivity contribution in [3.8, 4) is 0 Å². The molecule has 86 valence electrons. The van der Waals surface area contributed by atoms with Crippen LogP contribution in [0.3, 0.4) is 0 Å². The van der Waals surface area contributed by atoms with Crippen molar-refractivity contribution in [1.82, 2.24) is 4.90 Å². The monoisotopic (exact) mass is 238 g/mol. The number of halogens is 1. The summed E-state index contributed by atoms with van der Waals surface area (Å²) in [6.07, 6.45) is 1.71. The van der Waals surface area contributed by atoms with Gasteiger partial charge in [-0.1, -0.05) is 17.7 Å². The van der Waals surface area contributed by atoms with E-state index in [0.717, 1.165) is 5.69 Å². The van der Waals surface area contributed by atoms with Gasteiger partial charge in [0.05, 0.1) is 0 Å². The van der Waals surface area contributed by atoms with E-state index in [1.807, 2.05) is 6.92 Å². The lowest BCUT2D eigenvalue weighted by Crippen LogP contribution is -2.37. The molecule has 1 unspecified atom stereocenters. The van der Waals surface area contributed by atoms with Crippen LogP contribution in [0.4, 0.5) is 10.5 Å². The van der Waals surface area contributed by atoms with Crippen LogP contribution >= 0.6 is 11.6 Å². The average Bonchev–Trinajstić information content (AvgIpc) is 2.30. The average molecular weight is 239 g/mol. The topological polar surface area (TPSA) is 32.3 Å². The molecule has 0 spiro atoms. The molecule has 1 N–H and O–H groups in total. The number of hydrogen-bond acceptors (Lipinski definition) is 1. The Balaban J connectivity index is 2.64. The number of anilines is 1. The Morgan fingerprint density at radius 2 is 2.06 bits per heavy atom. The Morgan fingerprint density at radius 1 is 1.50 bits per heavy atom. The van der Waals surface area contributed by atoms with E-state index >= 15 is 0 Å². The summed E-state index contributed by atoms with van der Waals surface area (Å²) in [5.41, 5.74) is 0.720. The third-order valence-corrected chi connectivity index (χ3v) is 2.62. The van der Waals surface area contributed by atoms with Gasteiger partial charge in [-0.2, -0.15) is 0 Å². The highest BCUT2D eigenvalue weighted by Crippen LogP contribution is 2.14. The number of amides is 2. The van der Waals surface area contributed by atoms with E-state index in [0.29, 0.717) is 5.02 Å². The summed E-state index contributed by atoms with van der Waals surface area (Å²) in [6.45, 7) is 5.54. The van der Waals surface area contributed by atoms with E-state index < -0.39 is 0 Å². The molecule has 1 aromatic carbocycles. The number of rotatable bonds is 3. The van der Waals surface area contributed by atoms with Gasteiger partial charge < -0.3 is 10.2 Å². The van der Waals surface area contributed by atoms with Crippen molar-refractivity contribution in [3.63, 3.8) is 0 Å². The zero-order chi connectivity index (χ0) is 12.1. The molecule has 16 heavy (non-hydrogen) atoms. The first-order chi connectivity index (χ1) is 7.54. The number of likely N-dealkylation sites (N-methyl/N-ethyl adjacent to an activating group) is 1. The van der Waals surface area contributed by atoms with Crippen LogP contribution in [-0.4, -0.2) is 24.0 Å². The highest BCUT2D eigenvalue weighted by Gasteiger charge is 2.12. The third-order valence-electron chi connectivity index (χ3n) is 2.37. The van der Waals surface area contributed by atoms with Gasteiger partial charge in [-0.25, -0.2) is 4.79 Å². The Kier molecular flexibility index (Phi) is 4.38. The fraction of sp³-hybridized carbons (Fsp3) is 0.250. The summed E-state index contributed by atoms with van der Waals surface area (Å²) in [6, 6.07) is 6.80. The molecular weight excluding hydrogens is 224 g/mol. The Labute approximate surface area is 101 Å². The van der Waals surface area contributed by atoms with Crippen LogP contribution in [-0.2, 0) is 0 Å². The molecule has 1 atom stereocenters. The Bertz CT molecular complexity index is 375. The maximum Gasteiger partial charge on any atom is 0.322 e. The minimum atomic E-state index is -0.172. The summed E-state index contributed by atoms with van der Waals surface area (Å²) in [4.78, 5) is 13.3. The molecule has 2 amide bonds. The second-order valence-electron chi connectivity index (χ2n) is 3.52. The molecule has 0 aliphatic rings. The number of nitrogens with one attached hydrogen (secondary N) is 1. The lowest BCUT2D eigenvalue weighted by molar-refractivity contribution is 0.216. The quantitative estimate of drug-likeness (QED) is 0.805. The fourth-order valence-corrected chi connectivity index (χ4v) is 1.21. The zero-order valence-electron chi connectivity index (χ0n) is 9.40. The van der Waals surface area contributed by atoms with Gasteiger partial charge in [0.15, 0.2) is 0 Å². The van der Waals surface area contributed by atoms with Crippen LogP contribution in [0.1, 0.15) is 6.92 Å². The van der Waals surface area contributed by atoms with Crippen molar-refractivity contribution >= 4 is 23.3 Å². The number of carbonyl (C=O) groups is 1. The van der Waals surface area contributed by atoms with Crippen LogP contribution in [0.25, 0.3) is 0 Å². The van der Waals surface area contributed by atoms with E-state index in [1.54, 1.807) is 42.3 Å². The Morgan fingerprint density at radius 3 is 2.56 bits per heavy atom. The molecule has 1 aromatic rings. The van der Waals surface area contributed by atoms with Crippen LogP contribution in [0.5, 0.6) is 0 Å². The molecule has 0 heterocycles. The lowest BCUT2D eigenvalue weighted by atomic mass is 10.3. The number of nitrogens with zero attached hydrogens (tertiary/aromatic N) is 1. The predicted molar refractivity (Wildman–Crippen MR) is 67.9 cm³/mol. The van der Waals surface area contributed by atoms with Crippen LogP contribution < -0.4 is 5.32 Å². The zero-order valence-corrected chi connectivity index (χ0v) is 10.2. The second kappa shape index (κ2) is 5.56. The number of urea groups is 1. The minimum absolute atomic E-state index is 0.00713. The van der Waals surface area contributed by atoms with E-state index in [1.165, 1.54) is 0 Å². The molecule has 0 aliphatic heterocycles. The second-order valence-corrected chi connectivity index (χ2v) is 3.96. The lowest BCUT2D eigenvalue weighted by Gasteiger charge is -2.22. The van der Waals surface area contributed by atoms with Gasteiger partial charge in [-0.05, 0) is 31.2 Å². The maximum atomic E-state index is 11.7. The first-order valence-electron chi connectivity index (χ1n) is 4.96. The van der Waals surface area contributed by atoms with Crippen LogP contribution in [0.15, 0.2) is 36.9 Å². The number of carbonyl (C=O) groups excluding carboxylic acids is 1. The first-order valence-corrected chi connectivity index (χ1v) is 5.34. The minimum Gasteiger partial charge on any atom is -0.321 e. The van der Waals surface area contributed by atoms with Crippen molar-refractivity contribution < 1.29 is 4.79 Å². The predicted octanol–water partition coefficient (Wildman–Crippen LogP) is 3.38. The summed E-state index contributed by atoms with van der Waals surface area (Å²) < 4.78 is 0. The molecule has 0 aromatic heterocycles. The third kappa shape index (κ3) is 3.28. The highest BCUT2D eigenvalue weighted by atomic mass is 35.5. The fourth-order valence-electron chi connectivity index (χ4n) is 1.09. The van der Waals surface area contributed by atoms with Gasteiger partial charge in [-0.3, -0.25) is 0 Å². The highest BCUT2D eigenvalue weighted by molar-refractivity contribution is 6.30. The maximum absolute atomic E-state index is 11.7. The van der Waals surface area contributed by atoms with E-state index in [-0.39, 0.29) is 12.1 Å². The van der Waals surface area contributed by atoms with Crippen molar-refractivity contribution in [2.75, 3.05) is 12.4 Å². The molecule has 0 bridgehead atoms. The van der Waals surface area contributed by atoms with E-state index in [2.05, 4.69) is 11.9 Å². The van der Waals surface area contributed by atoms with Crippen molar-refractivity contribution in [2.24, 2.45) is 0 Å². The molecule has 4 heteroatoms. The van der Waals surface area contributed by atoms with Crippen LogP contribution in [0, 0.1) is 0 Å². The molecule has 0 saturated carbocycles. The standard InChI is InChI=1S/C12H15ClN2O/c1-4-9(2)15(3)12(16)14-11-7-5-10(13)6-8-11/h4-9H,1H2,2-3H3,(H,14,16). The number of hydrogen-bond donors (Lipinski definition) is 1. The molecule has 3 nitrogen and oxygen atoms in total. The van der Waals surface area contributed by atoms with Crippen molar-refractivity contribution in [3.05, 3.63) is 41.9 Å². The van der Waals surface area contributed by atoms with E-state index in [9.17, 15) is 4.79 Å². The molecule has 0 fully saturated rings. The van der Waals surface area contributed by atoms with Gasteiger partial charge in [0, 0.05) is 23.8 Å². The summed E-state index contributed by atoms with van der Waals surface area (Å²) >= 11 is 5.75.